The van der Waals surface area contributed by atoms with Crippen LogP contribution in [-0.4, -0.2) is 15.5 Å². The predicted octanol–water partition coefficient (Wildman–Crippen LogP) is 3.40. The van der Waals surface area contributed by atoms with Crippen LogP contribution in [0.3, 0.4) is 0 Å². The molecule has 0 saturated heterocycles. The summed E-state index contributed by atoms with van der Waals surface area (Å²) < 4.78 is 45.2. The van der Waals surface area contributed by atoms with Gasteiger partial charge in [-0.2, -0.15) is 0 Å². The number of halogens is 2. The Hall–Kier alpha value is -1.60. The Labute approximate surface area is 124 Å². The van der Waals surface area contributed by atoms with Gasteiger partial charge < -0.3 is 4.74 Å². The number of benzene rings is 2. The van der Waals surface area contributed by atoms with Gasteiger partial charge in [-0.1, -0.05) is 12.1 Å². The molecule has 0 aliphatic carbocycles. The van der Waals surface area contributed by atoms with Crippen molar-refractivity contribution in [3.63, 3.8) is 0 Å². The fraction of sp³-hybridized carbons (Fsp3) is 0.0769. The third-order valence-corrected chi connectivity index (χ3v) is 4.88. The Morgan fingerprint density at radius 1 is 1.20 bits per heavy atom. The average Bonchev–Trinajstić information content (AvgIpc) is 2.38. The van der Waals surface area contributed by atoms with Crippen LogP contribution in [0.2, 0.25) is 0 Å². The van der Waals surface area contributed by atoms with Crippen molar-refractivity contribution in [2.45, 2.75) is 4.90 Å². The summed E-state index contributed by atoms with van der Waals surface area (Å²) in [6, 6.07) is 9.99. The third kappa shape index (κ3) is 3.10. The molecule has 0 aliphatic rings. The smallest absolute Gasteiger partial charge is 0.263 e. The molecule has 0 aromatic heterocycles. The van der Waals surface area contributed by atoms with E-state index < -0.39 is 15.8 Å². The monoisotopic (exact) mass is 359 g/mol. The number of methoxy groups -OCH3 is 1. The van der Waals surface area contributed by atoms with Gasteiger partial charge in [-0.25, -0.2) is 12.8 Å². The molecule has 7 heteroatoms. The van der Waals surface area contributed by atoms with Crippen LogP contribution in [0.15, 0.2) is 51.8 Å². The summed E-state index contributed by atoms with van der Waals surface area (Å²) in [7, 11) is -2.39. The number of rotatable bonds is 4. The van der Waals surface area contributed by atoms with Gasteiger partial charge in [0.05, 0.1) is 12.8 Å². The molecule has 0 fully saturated rings. The van der Waals surface area contributed by atoms with Crippen LogP contribution in [0.1, 0.15) is 0 Å². The lowest BCUT2D eigenvalue weighted by atomic mass is 10.3. The van der Waals surface area contributed by atoms with E-state index in [1.807, 2.05) is 0 Å². The second-order valence-electron chi connectivity index (χ2n) is 3.88. The molecule has 4 nitrogen and oxygen atoms in total. The van der Waals surface area contributed by atoms with Crippen LogP contribution in [0.25, 0.3) is 0 Å². The van der Waals surface area contributed by atoms with Crippen LogP contribution >= 0.6 is 15.9 Å². The standard InChI is InChI=1S/C13H11BrFNO3S/c1-19-12-5-3-2-4-11(12)16-20(17,18)13-7-6-9(15)8-10(13)14/h2-8,16H,1H3. The predicted molar refractivity (Wildman–Crippen MR) is 77.9 cm³/mol. The molecule has 0 unspecified atom stereocenters. The fourth-order valence-electron chi connectivity index (χ4n) is 1.62. The minimum atomic E-state index is -3.84. The number of ether oxygens (including phenoxy) is 1. The van der Waals surface area contributed by atoms with Gasteiger partial charge in [0.25, 0.3) is 10.0 Å². The second-order valence-corrected chi connectivity index (χ2v) is 6.39. The number of para-hydroxylation sites is 2. The number of sulfonamides is 1. The van der Waals surface area contributed by atoms with Gasteiger partial charge in [-0.15, -0.1) is 0 Å². The molecule has 1 N–H and O–H groups in total. The molecule has 20 heavy (non-hydrogen) atoms. The number of nitrogens with one attached hydrogen (secondary N) is 1. The summed E-state index contributed by atoms with van der Waals surface area (Å²) in [5.41, 5.74) is 0.311. The molecule has 0 heterocycles. The first-order valence-electron chi connectivity index (χ1n) is 5.55. The zero-order chi connectivity index (χ0) is 14.8. The lowest BCUT2D eigenvalue weighted by Crippen LogP contribution is -2.14. The van der Waals surface area contributed by atoms with Crippen LogP contribution < -0.4 is 9.46 Å². The van der Waals surface area contributed by atoms with E-state index in [1.54, 1.807) is 24.3 Å². The van der Waals surface area contributed by atoms with Gasteiger partial charge in [0, 0.05) is 4.47 Å². The average molecular weight is 360 g/mol. The van der Waals surface area contributed by atoms with Crippen LogP contribution in [0, 0.1) is 5.82 Å². The van der Waals surface area contributed by atoms with Crippen molar-refractivity contribution in [2.75, 3.05) is 11.8 Å². The first-order valence-corrected chi connectivity index (χ1v) is 7.82. The molecule has 106 valence electrons. The molecular formula is C13H11BrFNO3S. The zero-order valence-corrected chi connectivity index (χ0v) is 12.8. The Morgan fingerprint density at radius 2 is 1.90 bits per heavy atom. The minimum Gasteiger partial charge on any atom is -0.495 e. The van der Waals surface area contributed by atoms with Gasteiger partial charge in [0.15, 0.2) is 0 Å². The normalized spacial score (nSPS) is 11.2. The van der Waals surface area contributed by atoms with Gasteiger partial charge in [-0.3, -0.25) is 4.72 Å². The van der Waals surface area contributed by atoms with E-state index in [4.69, 9.17) is 4.74 Å². The van der Waals surface area contributed by atoms with Crippen molar-refractivity contribution in [1.82, 2.24) is 0 Å². The van der Waals surface area contributed by atoms with Crippen LogP contribution in [0.5, 0.6) is 5.75 Å². The SMILES string of the molecule is COc1ccccc1NS(=O)(=O)c1ccc(F)cc1Br. The van der Waals surface area contributed by atoms with Crippen molar-refractivity contribution in [3.8, 4) is 5.75 Å². The van der Waals surface area contributed by atoms with Crippen LogP contribution in [0.4, 0.5) is 10.1 Å². The highest BCUT2D eigenvalue weighted by atomic mass is 79.9. The fourth-order valence-corrected chi connectivity index (χ4v) is 3.74. The number of hydrogen-bond acceptors (Lipinski definition) is 3. The maximum Gasteiger partial charge on any atom is 0.263 e. The quantitative estimate of drug-likeness (QED) is 0.909. The van der Waals surface area contributed by atoms with Gasteiger partial charge >= 0.3 is 0 Å². The van der Waals surface area contributed by atoms with E-state index in [2.05, 4.69) is 20.7 Å². The lowest BCUT2D eigenvalue weighted by molar-refractivity contribution is 0.417. The lowest BCUT2D eigenvalue weighted by Gasteiger charge is -2.12. The zero-order valence-electron chi connectivity index (χ0n) is 10.4. The second kappa shape index (κ2) is 5.80. The summed E-state index contributed by atoms with van der Waals surface area (Å²) in [4.78, 5) is -0.0511. The van der Waals surface area contributed by atoms with Gasteiger partial charge in [0.1, 0.15) is 16.5 Å². The molecule has 0 spiro atoms. The Kier molecular flexibility index (Phi) is 4.29. The van der Waals surface area contributed by atoms with E-state index in [0.717, 1.165) is 12.1 Å². The highest BCUT2D eigenvalue weighted by Crippen LogP contribution is 2.29. The highest BCUT2D eigenvalue weighted by molar-refractivity contribution is 9.10. The summed E-state index contributed by atoms with van der Waals surface area (Å²) >= 11 is 3.04. The van der Waals surface area contributed by atoms with E-state index >= 15 is 0 Å². The minimum absolute atomic E-state index is 0.0511. The van der Waals surface area contributed by atoms with E-state index in [9.17, 15) is 12.8 Å². The molecule has 0 aliphatic heterocycles. The van der Waals surface area contributed by atoms with Crippen molar-refractivity contribution in [1.29, 1.82) is 0 Å². The van der Waals surface area contributed by atoms with Gasteiger partial charge in [-0.05, 0) is 46.3 Å². The Bertz CT molecular complexity index is 734. The molecule has 0 atom stereocenters. The summed E-state index contributed by atoms with van der Waals surface area (Å²) in [6.07, 6.45) is 0. The summed E-state index contributed by atoms with van der Waals surface area (Å²) in [6.45, 7) is 0. The maximum absolute atomic E-state index is 13.0. The van der Waals surface area contributed by atoms with E-state index in [0.29, 0.717) is 11.4 Å². The molecule has 2 rings (SSSR count). The van der Waals surface area contributed by atoms with E-state index in [-0.39, 0.29) is 9.37 Å². The largest absolute Gasteiger partial charge is 0.495 e. The third-order valence-electron chi connectivity index (χ3n) is 2.53. The molecular weight excluding hydrogens is 349 g/mol. The van der Waals surface area contributed by atoms with Crippen molar-refractivity contribution in [2.24, 2.45) is 0 Å². The summed E-state index contributed by atoms with van der Waals surface area (Å²) in [5.74, 6) is -0.123. The van der Waals surface area contributed by atoms with Crippen molar-refractivity contribution < 1.29 is 17.5 Å². The maximum atomic E-state index is 13.0. The van der Waals surface area contributed by atoms with E-state index in [1.165, 1.54) is 13.2 Å². The first kappa shape index (κ1) is 14.8. The highest BCUT2D eigenvalue weighted by Gasteiger charge is 2.19. The Morgan fingerprint density at radius 3 is 2.55 bits per heavy atom. The molecule has 2 aromatic rings. The number of hydrogen-bond donors (Lipinski definition) is 1. The molecule has 0 radical (unpaired) electrons. The van der Waals surface area contributed by atoms with Gasteiger partial charge in [0.2, 0.25) is 0 Å². The number of anilines is 1. The first-order chi connectivity index (χ1) is 9.44. The van der Waals surface area contributed by atoms with Crippen LogP contribution in [-0.2, 0) is 10.0 Å². The molecule has 0 bridgehead atoms. The van der Waals surface area contributed by atoms with Crippen molar-refractivity contribution >= 4 is 31.6 Å². The summed E-state index contributed by atoms with van der Waals surface area (Å²) in [5, 5.41) is 0. The molecule has 0 saturated carbocycles. The van der Waals surface area contributed by atoms with Crippen molar-refractivity contribution in [3.05, 3.63) is 52.8 Å². The topological polar surface area (TPSA) is 55.4 Å². The molecule has 0 amide bonds. The molecule has 2 aromatic carbocycles. The Balaban J connectivity index is 2.41.